The average Bonchev–Trinajstić information content (AvgIpc) is 2.59. The molecule has 0 fully saturated rings. The maximum absolute atomic E-state index is 12.5. The predicted molar refractivity (Wildman–Crippen MR) is 107 cm³/mol. The number of sulfonamides is 1. The van der Waals surface area contributed by atoms with Gasteiger partial charge in [-0.05, 0) is 30.3 Å². The van der Waals surface area contributed by atoms with Crippen molar-refractivity contribution in [3.8, 4) is 11.5 Å². The van der Waals surface area contributed by atoms with E-state index in [0.29, 0.717) is 22.2 Å². The van der Waals surface area contributed by atoms with Crippen LogP contribution in [-0.2, 0) is 14.8 Å². The van der Waals surface area contributed by atoms with Gasteiger partial charge in [-0.1, -0.05) is 23.2 Å². The third kappa shape index (κ3) is 5.41. The molecule has 0 heterocycles. The highest BCUT2D eigenvalue weighted by Gasteiger charge is 2.23. The fourth-order valence-corrected chi connectivity index (χ4v) is 3.72. The van der Waals surface area contributed by atoms with Gasteiger partial charge in [-0.25, -0.2) is 8.42 Å². The van der Waals surface area contributed by atoms with Gasteiger partial charge in [-0.15, -0.1) is 0 Å². The van der Waals surface area contributed by atoms with E-state index >= 15 is 0 Å². The molecule has 0 unspecified atom stereocenters. The first-order valence-corrected chi connectivity index (χ1v) is 10.2. The van der Waals surface area contributed by atoms with Gasteiger partial charge >= 0.3 is 0 Å². The fraction of sp³-hybridized carbons (Fsp3) is 0.235. The van der Waals surface area contributed by atoms with Gasteiger partial charge in [0, 0.05) is 11.1 Å². The van der Waals surface area contributed by atoms with Crippen molar-refractivity contribution in [1.82, 2.24) is 0 Å². The lowest BCUT2D eigenvalue weighted by Crippen LogP contribution is -2.37. The molecule has 146 valence electrons. The summed E-state index contributed by atoms with van der Waals surface area (Å²) in [5.41, 5.74) is 0.527. The van der Waals surface area contributed by atoms with Gasteiger partial charge in [0.2, 0.25) is 15.9 Å². The number of benzene rings is 2. The Morgan fingerprint density at radius 1 is 1.11 bits per heavy atom. The molecule has 0 atom stereocenters. The lowest BCUT2D eigenvalue weighted by atomic mass is 10.2. The average molecular weight is 433 g/mol. The summed E-state index contributed by atoms with van der Waals surface area (Å²) in [6, 6.07) is 9.16. The third-order valence-corrected chi connectivity index (χ3v) is 5.21. The highest BCUT2D eigenvalue weighted by atomic mass is 35.5. The molecule has 7 nitrogen and oxygen atoms in total. The number of hydrogen-bond donors (Lipinski definition) is 1. The Bertz CT molecular complexity index is 950. The van der Waals surface area contributed by atoms with Crippen molar-refractivity contribution in [3.63, 3.8) is 0 Å². The zero-order valence-electron chi connectivity index (χ0n) is 14.8. The van der Waals surface area contributed by atoms with Crippen LogP contribution in [0.2, 0.25) is 10.0 Å². The van der Waals surface area contributed by atoms with Crippen molar-refractivity contribution < 1.29 is 22.7 Å². The number of ether oxygens (including phenoxy) is 2. The second-order valence-corrected chi connectivity index (χ2v) is 8.23. The van der Waals surface area contributed by atoms with E-state index in [4.69, 9.17) is 32.7 Å². The van der Waals surface area contributed by atoms with Gasteiger partial charge in [0.05, 0.1) is 36.9 Å². The molecule has 0 bridgehead atoms. The zero-order valence-corrected chi connectivity index (χ0v) is 17.2. The lowest BCUT2D eigenvalue weighted by molar-refractivity contribution is -0.114. The Morgan fingerprint density at radius 2 is 1.81 bits per heavy atom. The predicted octanol–water partition coefficient (Wildman–Crippen LogP) is 3.42. The van der Waals surface area contributed by atoms with E-state index in [1.54, 1.807) is 18.2 Å². The minimum absolute atomic E-state index is 0.114. The summed E-state index contributed by atoms with van der Waals surface area (Å²) in [4.78, 5) is 12.5. The Labute approximate surface area is 167 Å². The molecular formula is C17H18Cl2N2O5S. The molecule has 0 aromatic heterocycles. The van der Waals surface area contributed by atoms with Crippen molar-refractivity contribution in [3.05, 3.63) is 46.4 Å². The molecule has 0 spiro atoms. The first-order valence-electron chi connectivity index (χ1n) is 7.60. The normalized spacial score (nSPS) is 11.0. The van der Waals surface area contributed by atoms with E-state index in [1.807, 2.05) is 0 Å². The SMILES string of the molecule is COc1ccc(NC(=O)CN(c2ccc(Cl)cc2Cl)S(C)(=O)=O)c(OC)c1. The van der Waals surface area contributed by atoms with Crippen LogP contribution in [-0.4, -0.2) is 41.3 Å². The van der Waals surface area contributed by atoms with Crippen LogP contribution in [0.1, 0.15) is 0 Å². The Kier molecular flexibility index (Phi) is 6.80. The van der Waals surface area contributed by atoms with E-state index in [9.17, 15) is 13.2 Å². The Morgan fingerprint density at radius 3 is 2.37 bits per heavy atom. The van der Waals surface area contributed by atoms with Crippen molar-refractivity contribution in [2.24, 2.45) is 0 Å². The minimum Gasteiger partial charge on any atom is -0.497 e. The number of nitrogens with zero attached hydrogens (tertiary/aromatic N) is 1. The second kappa shape index (κ2) is 8.69. The van der Waals surface area contributed by atoms with E-state index in [0.717, 1.165) is 10.6 Å². The van der Waals surface area contributed by atoms with Crippen molar-refractivity contribution in [2.45, 2.75) is 0 Å². The molecule has 0 aliphatic heterocycles. The third-order valence-electron chi connectivity index (χ3n) is 3.55. The van der Waals surface area contributed by atoms with Gasteiger partial charge in [-0.2, -0.15) is 0 Å². The van der Waals surface area contributed by atoms with Crippen LogP contribution < -0.4 is 19.1 Å². The molecule has 0 radical (unpaired) electrons. The van der Waals surface area contributed by atoms with Crippen molar-refractivity contribution in [1.29, 1.82) is 0 Å². The number of methoxy groups -OCH3 is 2. The standard InChI is InChI=1S/C17H18Cl2N2O5S/c1-25-12-5-6-14(16(9-12)26-2)20-17(22)10-21(27(3,23)24)15-7-4-11(18)8-13(15)19/h4-9H,10H2,1-3H3,(H,20,22). The van der Waals surface area contributed by atoms with Gasteiger partial charge in [0.25, 0.3) is 0 Å². The van der Waals surface area contributed by atoms with Gasteiger partial charge < -0.3 is 14.8 Å². The molecule has 2 aromatic rings. The van der Waals surface area contributed by atoms with Gasteiger partial charge in [-0.3, -0.25) is 9.10 Å². The Hall–Kier alpha value is -2.16. The van der Waals surface area contributed by atoms with Crippen LogP contribution in [0.25, 0.3) is 0 Å². The number of hydrogen-bond acceptors (Lipinski definition) is 5. The number of anilines is 2. The molecule has 27 heavy (non-hydrogen) atoms. The summed E-state index contributed by atoms with van der Waals surface area (Å²) in [5, 5.41) is 3.09. The van der Waals surface area contributed by atoms with E-state index < -0.39 is 22.5 Å². The maximum atomic E-state index is 12.5. The Balaban J connectivity index is 2.27. The van der Waals surface area contributed by atoms with Crippen molar-refractivity contribution >= 4 is 50.5 Å². The van der Waals surface area contributed by atoms with E-state index in [-0.39, 0.29) is 10.7 Å². The molecule has 0 saturated heterocycles. The molecule has 1 N–H and O–H groups in total. The van der Waals surface area contributed by atoms with Gasteiger partial charge in [0.15, 0.2) is 0 Å². The highest BCUT2D eigenvalue weighted by molar-refractivity contribution is 7.92. The summed E-state index contributed by atoms with van der Waals surface area (Å²) in [7, 11) is -0.821. The van der Waals surface area contributed by atoms with Crippen LogP contribution in [0.4, 0.5) is 11.4 Å². The van der Waals surface area contributed by atoms with Crippen LogP contribution in [0.15, 0.2) is 36.4 Å². The molecule has 2 rings (SSSR count). The second-order valence-electron chi connectivity index (χ2n) is 5.48. The smallest absolute Gasteiger partial charge is 0.245 e. The van der Waals surface area contributed by atoms with E-state index in [2.05, 4.69) is 5.32 Å². The number of amides is 1. The molecule has 1 amide bonds. The number of carbonyl (C=O) groups is 1. The molecular weight excluding hydrogens is 415 g/mol. The summed E-state index contributed by atoms with van der Waals surface area (Å²) in [5.74, 6) is 0.351. The first-order chi connectivity index (χ1) is 12.7. The number of carbonyl (C=O) groups excluding carboxylic acids is 1. The molecule has 0 aliphatic rings. The number of rotatable bonds is 7. The molecule has 0 saturated carbocycles. The summed E-state index contributed by atoms with van der Waals surface area (Å²) >= 11 is 12.0. The fourth-order valence-electron chi connectivity index (χ4n) is 2.29. The number of halogens is 2. The van der Waals surface area contributed by atoms with Crippen molar-refractivity contribution in [2.75, 3.05) is 36.6 Å². The van der Waals surface area contributed by atoms with Crippen LogP contribution in [0.5, 0.6) is 11.5 Å². The summed E-state index contributed by atoms with van der Waals surface area (Å²) < 4.78 is 35.6. The number of nitrogens with one attached hydrogen (secondary N) is 1. The van der Waals surface area contributed by atoms with Gasteiger partial charge in [0.1, 0.15) is 18.0 Å². The van der Waals surface area contributed by atoms with Crippen LogP contribution >= 0.6 is 23.2 Å². The van der Waals surface area contributed by atoms with Crippen LogP contribution in [0, 0.1) is 0 Å². The zero-order chi connectivity index (χ0) is 20.2. The molecule has 0 aliphatic carbocycles. The largest absolute Gasteiger partial charge is 0.497 e. The molecule has 2 aromatic carbocycles. The topological polar surface area (TPSA) is 84.9 Å². The van der Waals surface area contributed by atoms with Crippen LogP contribution in [0.3, 0.4) is 0 Å². The first kappa shape index (κ1) is 21.1. The maximum Gasteiger partial charge on any atom is 0.245 e. The summed E-state index contributed by atoms with van der Waals surface area (Å²) in [6.07, 6.45) is 0.985. The lowest BCUT2D eigenvalue weighted by Gasteiger charge is -2.23. The molecule has 10 heteroatoms. The highest BCUT2D eigenvalue weighted by Crippen LogP contribution is 2.31. The summed E-state index contributed by atoms with van der Waals surface area (Å²) in [6.45, 7) is -0.477. The van der Waals surface area contributed by atoms with E-state index in [1.165, 1.54) is 32.4 Å². The quantitative estimate of drug-likeness (QED) is 0.724. The minimum atomic E-state index is -3.77. The monoisotopic (exact) mass is 432 g/mol.